The van der Waals surface area contributed by atoms with Gasteiger partial charge in [-0.1, -0.05) is 23.8 Å². The number of ether oxygens (including phenoxy) is 1. The lowest BCUT2D eigenvalue weighted by Gasteiger charge is -2.18. The van der Waals surface area contributed by atoms with Crippen LogP contribution in [0.1, 0.15) is 18.9 Å². The van der Waals surface area contributed by atoms with Crippen LogP contribution in [0.4, 0.5) is 0 Å². The van der Waals surface area contributed by atoms with Gasteiger partial charge >= 0.3 is 5.97 Å². The molecule has 2 N–H and O–H groups in total. The molecule has 0 radical (unpaired) electrons. The van der Waals surface area contributed by atoms with Gasteiger partial charge in [-0.25, -0.2) is 4.79 Å². The summed E-state index contributed by atoms with van der Waals surface area (Å²) in [6, 6.07) is 6.19. The van der Waals surface area contributed by atoms with E-state index in [0.717, 1.165) is 5.56 Å². The molecule has 0 amide bonds. The van der Waals surface area contributed by atoms with Crippen LogP contribution in [0.3, 0.4) is 0 Å². The first-order valence-electron chi connectivity index (χ1n) is 6.83. The second kappa shape index (κ2) is 5.49. The smallest absolute Gasteiger partial charge is 0.329 e. The fourth-order valence-electron chi connectivity index (χ4n) is 2.22. The topological polar surface area (TPSA) is 95.7 Å². The highest BCUT2D eigenvalue weighted by Crippen LogP contribution is 2.52. The summed E-state index contributed by atoms with van der Waals surface area (Å²) in [6.07, 6.45) is 1.25. The molecular formula is C15H19NO5S. The molecule has 0 unspecified atom stereocenters. The Kier molecular flexibility index (Phi) is 4.16. The van der Waals surface area contributed by atoms with Crippen LogP contribution in [-0.2, 0) is 23.8 Å². The number of benzene rings is 1. The maximum absolute atomic E-state index is 12.3. The third-order valence-corrected chi connectivity index (χ3v) is 5.08. The Morgan fingerprint density at radius 3 is 2.50 bits per heavy atom. The molecule has 2 atom stereocenters. The Morgan fingerprint density at radius 2 is 2.00 bits per heavy atom. The first-order valence-corrected chi connectivity index (χ1v) is 8.23. The molecule has 0 aliphatic heterocycles. The van der Waals surface area contributed by atoms with E-state index in [1.807, 2.05) is 6.92 Å². The minimum Gasteiger partial charge on any atom is -0.465 e. The van der Waals surface area contributed by atoms with E-state index in [-0.39, 0.29) is 17.9 Å². The van der Waals surface area contributed by atoms with E-state index in [1.54, 1.807) is 19.1 Å². The molecular weight excluding hydrogens is 306 g/mol. The van der Waals surface area contributed by atoms with Crippen molar-refractivity contribution < 1.29 is 22.1 Å². The molecule has 6 nitrogen and oxygen atoms in total. The number of carbonyl (C=O) groups excluding carboxylic acids is 1. The van der Waals surface area contributed by atoms with E-state index in [4.69, 9.17) is 14.7 Å². The summed E-state index contributed by atoms with van der Waals surface area (Å²) in [6.45, 7) is 7.18. The van der Waals surface area contributed by atoms with Gasteiger partial charge in [0, 0.05) is 6.42 Å². The minimum absolute atomic E-state index is 0.00238. The van der Waals surface area contributed by atoms with E-state index >= 15 is 0 Å². The molecule has 1 saturated carbocycles. The van der Waals surface area contributed by atoms with Crippen molar-refractivity contribution in [3.63, 3.8) is 0 Å². The van der Waals surface area contributed by atoms with Crippen LogP contribution in [0.15, 0.2) is 41.8 Å². The summed E-state index contributed by atoms with van der Waals surface area (Å²) in [5.74, 6) is -0.700. The first-order chi connectivity index (χ1) is 10.2. The highest BCUT2D eigenvalue weighted by Gasteiger charge is 2.73. The Balaban J connectivity index is 2.27. The van der Waals surface area contributed by atoms with E-state index in [2.05, 4.69) is 6.58 Å². The van der Waals surface area contributed by atoms with Crippen LogP contribution in [0.2, 0.25) is 0 Å². The van der Waals surface area contributed by atoms with Crippen molar-refractivity contribution in [1.29, 1.82) is 0 Å². The molecule has 0 bridgehead atoms. The zero-order valence-corrected chi connectivity index (χ0v) is 13.4. The Hall–Kier alpha value is -1.70. The molecule has 0 aromatic heterocycles. The van der Waals surface area contributed by atoms with Crippen LogP contribution in [-0.4, -0.2) is 32.1 Å². The van der Waals surface area contributed by atoms with Crippen molar-refractivity contribution in [2.24, 2.45) is 5.73 Å². The Bertz CT molecular complexity index is 697. The molecule has 2 rings (SSSR count). The number of aryl methyl sites for hydroxylation is 1. The zero-order chi connectivity index (χ0) is 16.6. The molecule has 22 heavy (non-hydrogen) atoms. The fraction of sp³-hybridized carbons (Fsp3) is 0.400. The predicted octanol–water partition coefficient (Wildman–Crippen LogP) is 1.29. The van der Waals surface area contributed by atoms with Gasteiger partial charge in [-0.2, -0.15) is 8.42 Å². The van der Waals surface area contributed by atoms with Crippen molar-refractivity contribution in [2.75, 3.05) is 6.61 Å². The largest absolute Gasteiger partial charge is 0.465 e. The van der Waals surface area contributed by atoms with Crippen LogP contribution in [0.5, 0.6) is 0 Å². The first kappa shape index (κ1) is 16.7. The van der Waals surface area contributed by atoms with Crippen molar-refractivity contribution in [2.45, 2.75) is 36.3 Å². The fourth-order valence-corrected chi connectivity index (χ4v) is 3.45. The molecule has 0 heterocycles. The third kappa shape index (κ3) is 2.67. The van der Waals surface area contributed by atoms with Crippen LogP contribution in [0, 0.1) is 6.92 Å². The van der Waals surface area contributed by atoms with Gasteiger partial charge < -0.3 is 10.5 Å². The number of carbonyl (C=O) groups is 1. The molecule has 0 spiro atoms. The van der Waals surface area contributed by atoms with Gasteiger partial charge in [0.25, 0.3) is 10.1 Å². The Morgan fingerprint density at radius 1 is 1.41 bits per heavy atom. The van der Waals surface area contributed by atoms with Gasteiger partial charge in [-0.3, -0.25) is 4.18 Å². The third-order valence-electron chi connectivity index (χ3n) is 3.71. The van der Waals surface area contributed by atoms with E-state index in [9.17, 15) is 13.2 Å². The van der Waals surface area contributed by atoms with Gasteiger partial charge in [0.15, 0.2) is 5.54 Å². The van der Waals surface area contributed by atoms with Crippen LogP contribution in [0.25, 0.3) is 0 Å². The lowest BCUT2D eigenvalue weighted by atomic mass is 10.2. The number of rotatable bonds is 6. The second-order valence-corrected chi connectivity index (χ2v) is 6.86. The normalized spacial score (nSPS) is 27.2. The predicted molar refractivity (Wildman–Crippen MR) is 80.5 cm³/mol. The lowest BCUT2D eigenvalue weighted by Crippen LogP contribution is -2.44. The number of hydrogen-bond donors (Lipinski definition) is 1. The molecule has 1 aromatic carbocycles. The molecule has 120 valence electrons. The summed E-state index contributed by atoms with van der Waals surface area (Å²) >= 11 is 0. The maximum Gasteiger partial charge on any atom is 0.329 e. The lowest BCUT2D eigenvalue weighted by molar-refractivity contribution is -0.147. The highest BCUT2D eigenvalue weighted by atomic mass is 32.2. The Labute approximate surface area is 130 Å². The van der Waals surface area contributed by atoms with Crippen molar-refractivity contribution in [1.82, 2.24) is 0 Å². The van der Waals surface area contributed by atoms with Crippen LogP contribution >= 0.6 is 0 Å². The molecule has 1 aliphatic carbocycles. The summed E-state index contributed by atoms with van der Waals surface area (Å²) in [4.78, 5) is 11.9. The maximum atomic E-state index is 12.3. The number of esters is 1. The molecule has 1 aromatic rings. The number of hydrogen-bond acceptors (Lipinski definition) is 6. The van der Waals surface area contributed by atoms with Gasteiger partial charge in [0.1, 0.15) is 5.60 Å². The van der Waals surface area contributed by atoms with Crippen molar-refractivity contribution >= 4 is 16.1 Å². The average Bonchev–Trinajstić information content (AvgIpc) is 3.05. The van der Waals surface area contributed by atoms with E-state index in [1.165, 1.54) is 18.2 Å². The molecule has 7 heteroatoms. The second-order valence-electron chi connectivity index (χ2n) is 5.31. The van der Waals surface area contributed by atoms with Gasteiger partial charge in [0.05, 0.1) is 11.5 Å². The van der Waals surface area contributed by atoms with Gasteiger partial charge in [-0.15, -0.1) is 6.58 Å². The minimum atomic E-state index is -4.06. The zero-order valence-electron chi connectivity index (χ0n) is 12.5. The monoisotopic (exact) mass is 325 g/mol. The number of nitrogens with two attached hydrogens (primary N) is 1. The summed E-state index contributed by atoms with van der Waals surface area (Å²) in [5, 5.41) is 0. The van der Waals surface area contributed by atoms with Crippen LogP contribution < -0.4 is 5.73 Å². The summed E-state index contributed by atoms with van der Waals surface area (Å²) in [5.41, 5.74) is 3.87. The molecule has 1 fully saturated rings. The SMILES string of the molecule is C=C[C@]1(OS(=O)(=O)c2ccc(C)cc2)C[C@@]1(N)C(=O)OCC. The summed E-state index contributed by atoms with van der Waals surface area (Å²) in [7, 11) is -4.06. The summed E-state index contributed by atoms with van der Waals surface area (Å²) < 4.78 is 34.8. The van der Waals surface area contributed by atoms with Crippen molar-refractivity contribution in [3.05, 3.63) is 42.5 Å². The standard InChI is InChI=1S/C15H19NO5S/c1-4-14(10-15(14,16)13(17)20-5-2)21-22(18,19)12-8-6-11(3)7-9-12/h4,6-9H,1,5,10,16H2,2-3H3/t14-,15+/m0/s1. The quantitative estimate of drug-likeness (QED) is 0.481. The molecule has 0 saturated heterocycles. The van der Waals surface area contributed by atoms with Gasteiger partial charge in [-0.05, 0) is 26.0 Å². The van der Waals surface area contributed by atoms with Crippen molar-refractivity contribution in [3.8, 4) is 0 Å². The average molecular weight is 325 g/mol. The van der Waals surface area contributed by atoms with Gasteiger partial charge in [0.2, 0.25) is 0 Å². The molecule has 1 aliphatic rings. The van der Waals surface area contributed by atoms with E-state index in [0.29, 0.717) is 0 Å². The van der Waals surface area contributed by atoms with E-state index < -0.39 is 27.2 Å². The highest BCUT2D eigenvalue weighted by molar-refractivity contribution is 7.86.